The molecule has 1 unspecified atom stereocenters. The number of aryl methyl sites for hydroxylation is 2. The summed E-state index contributed by atoms with van der Waals surface area (Å²) in [7, 11) is 0. The minimum Gasteiger partial charge on any atom is -0.492 e. The van der Waals surface area contributed by atoms with E-state index in [-0.39, 0.29) is 13.2 Å². The van der Waals surface area contributed by atoms with Crippen molar-refractivity contribution in [2.45, 2.75) is 19.9 Å². The maximum Gasteiger partial charge on any atom is 0.310 e. The number of nitrogens with one attached hydrogen (secondary N) is 2. The van der Waals surface area contributed by atoms with Gasteiger partial charge in [-0.2, -0.15) is 0 Å². The van der Waals surface area contributed by atoms with Crippen LogP contribution in [0.3, 0.4) is 0 Å². The third-order valence-electron chi connectivity index (χ3n) is 4.52. The van der Waals surface area contributed by atoms with E-state index in [1.165, 1.54) is 0 Å². The fourth-order valence-electron chi connectivity index (χ4n) is 2.95. The molecule has 0 bridgehead atoms. The Morgan fingerprint density at radius 2 is 1.73 bits per heavy atom. The molecule has 1 aromatic heterocycles. The zero-order chi connectivity index (χ0) is 21.3. The van der Waals surface area contributed by atoms with Gasteiger partial charge in [0.15, 0.2) is 0 Å². The van der Waals surface area contributed by atoms with E-state index in [4.69, 9.17) is 4.74 Å². The number of nitrogens with zero attached hydrogens (tertiary/aromatic N) is 1. The maximum atomic E-state index is 12.5. The summed E-state index contributed by atoms with van der Waals surface area (Å²) < 4.78 is 5.59. The van der Waals surface area contributed by atoms with Crippen molar-refractivity contribution < 1.29 is 14.3 Å². The van der Waals surface area contributed by atoms with Crippen LogP contribution in [0, 0.1) is 13.8 Å². The second kappa shape index (κ2) is 10.2. The van der Waals surface area contributed by atoms with E-state index < -0.39 is 17.9 Å². The summed E-state index contributed by atoms with van der Waals surface area (Å²) >= 11 is 0. The third-order valence-corrected chi connectivity index (χ3v) is 4.52. The average molecular weight is 403 g/mol. The Hall–Kier alpha value is -3.67. The molecule has 2 aromatic carbocycles. The summed E-state index contributed by atoms with van der Waals surface area (Å²) in [5.74, 6) is -0.707. The molecule has 0 aliphatic heterocycles. The van der Waals surface area contributed by atoms with Crippen LogP contribution in [-0.4, -0.2) is 29.9 Å². The zero-order valence-electron chi connectivity index (χ0n) is 17.1. The highest BCUT2D eigenvalue weighted by Crippen LogP contribution is 2.20. The molecule has 0 saturated carbocycles. The van der Waals surface area contributed by atoms with Crippen molar-refractivity contribution in [2.75, 3.05) is 13.2 Å². The van der Waals surface area contributed by atoms with Crippen LogP contribution >= 0.6 is 0 Å². The molecule has 0 aliphatic carbocycles. The number of carbonyl (C=O) groups is 2. The molecule has 3 aromatic rings. The molecular weight excluding hydrogens is 378 g/mol. The summed E-state index contributed by atoms with van der Waals surface area (Å²) in [6.07, 6.45) is 1.66. The van der Waals surface area contributed by atoms with Gasteiger partial charge in [0, 0.05) is 6.20 Å². The maximum absolute atomic E-state index is 12.5. The van der Waals surface area contributed by atoms with Gasteiger partial charge < -0.3 is 15.4 Å². The SMILES string of the molecule is Cc1ccc(C(NC(=O)C(=O)NCCOc2cccc(C)c2)c2ccccn2)cc1. The highest BCUT2D eigenvalue weighted by molar-refractivity contribution is 6.35. The van der Waals surface area contributed by atoms with Gasteiger partial charge in [-0.15, -0.1) is 0 Å². The Balaban J connectivity index is 1.58. The van der Waals surface area contributed by atoms with E-state index in [0.717, 1.165) is 22.4 Å². The number of benzene rings is 2. The molecule has 6 heteroatoms. The molecule has 30 heavy (non-hydrogen) atoms. The molecule has 0 aliphatic rings. The fourth-order valence-corrected chi connectivity index (χ4v) is 2.95. The predicted octanol–water partition coefficient (Wildman–Crippen LogP) is 3.10. The molecule has 0 radical (unpaired) electrons. The van der Waals surface area contributed by atoms with Gasteiger partial charge in [-0.1, -0.05) is 48.0 Å². The highest BCUT2D eigenvalue weighted by atomic mass is 16.5. The van der Waals surface area contributed by atoms with Crippen LogP contribution in [0.15, 0.2) is 72.9 Å². The smallest absolute Gasteiger partial charge is 0.310 e. The second-order valence-electron chi connectivity index (χ2n) is 6.99. The van der Waals surface area contributed by atoms with Crippen molar-refractivity contribution in [1.29, 1.82) is 0 Å². The zero-order valence-corrected chi connectivity index (χ0v) is 17.1. The second-order valence-corrected chi connectivity index (χ2v) is 6.99. The Morgan fingerprint density at radius 1 is 0.933 bits per heavy atom. The molecule has 0 spiro atoms. The number of aromatic nitrogens is 1. The van der Waals surface area contributed by atoms with Crippen molar-refractivity contribution >= 4 is 11.8 Å². The number of rotatable bonds is 7. The first kappa shape index (κ1) is 21.0. The van der Waals surface area contributed by atoms with Gasteiger partial charge in [-0.05, 0) is 49.2 Å². The Bertz CT molecular complexity index is 988. The van der Waals surface area contributed by atoms with Gasteiger partial charge in [-0.25, -0.2) is 0 Å². The lowest BCUT2D eigenvalue weighted by atomic mass is 10.0. The number of hydrogen-bond donors (Lipinski definition) is 2. The summed E-state index contributed by atoms with van der Waals surface area (Å²) in [4.78, 5) is 29.1. The van der Waals surface area contributed by atoms with Gasteiger partial charge in [0.1, 0.15) is 12.4 Å². The predicted molar refractivity (Wildman–Crippen MR) is 115 cm³/mol. The minimum absolute atomic E-state index is 0.221. The molecular formula is C24H25N3O3. The Kier molecular flexibility index (Phi) is 7.16. The Morgan fingerprint density at radius 3 is 2.43 bits per heavy atom. The van der Waals surface area contributed by atoms with Crippen LogP contribution in [0.5, 0.6) is 5.75 Å². The van der Waals surface area contributed by atoms with Gasteiger partial charge in [-0.3, -0.25) is 14.6 Å². The third kappa shape index (κ3) is 5.91. The van der Waals surface area contributed by atoms with Crippen LogP contribution < -0.4 is 15.4 Å². The van der Waals surface area contributed by atoms with Crippen LogP contribution in [0.2, 0.25) is 0 Å². The number of carbonyl (C=O) groups excluding carboxylic acids is 2. The first-order valence-corrected chi connectivity index (χ1v) is 9.78. The average Bonchev–Trinajstić information content (AvgIpc) is 2.76. The van der Waals surface area contributed by atoms with Crippen LogP contribution in [0.1, 0.15) is 28.4 Å². The van der Waals surface area contributed by atoms with Crippen LogP contribution in [0.4, 0.5) is 0 Å². The van der Waals surface area contributed by atoms with E-state index in [9.17, 15) is 9.59 Å². The normalized spacial score (nSPS) is 11.4. The highest BCUT2D eigenvalue weighted by Gasteiger charge is 2.22. The molecule has 6 nitrogen and oxygen atoms in total. The van der Waals surface area contributed by atoms with Gasteiger partial charge in [0.2, 0.25) is 0 Å². The minimum atomic E-state index is -0.721. The molecule has 1 heterocycles. The number of ether oxygens (including phenoxy) is 1. The van der Waals surface area contributed by atoms with Crippen molar-refractivity contribution in [3.63, 3.8) is 0 Å². The molecule has 154 valence electrons. The summed E-state index contributed by atoms with van der Waals surface area (Å²) in [5, 5.41) is 5.37. The number of hydrogen-bond acceptors (Lipinski definition) is 4. The fraction of sp³-hybridized carbons (Fsp3) is 0.208. The lowest BCUT2D eigenvalue weighted by molar-refractivity contribution is -0.139. The van der Waals surface area contributed by atoms with E-state index in [2.05, 4.69) is 15.6 Å². The topological polar surface area (TPSA) is 80.3 Å². The summed E-state index contributed by atoms with van der Waals surface area (Å²) in [5.41, 5.74) is 3.71. The van der Waals surface area contributed by atoms with Crippen molar-refractivity contribution in [3.05, 3.63) is 95.3 Å². The van der Waals surface area contributed by atoms with Gasteiger partial charge in [0.25, 0.3) is 0 Å². The molecule has 0 fully saturated rings. The van der Waals surface area contributed by atoms with E-state index in [1.54, 1.807) is 12.3 Å². The first-order chi connectivity index (χ1) is 14.5. The standard InChI is InChI=1S/C24H25N3O3/c1-17-9-11-19(12-10-17)22(21-8-3-4-13-25-21)27-24(29)23(28)26-14-15-30-20-7-5-6-18(2)16-20/h3-13,16,22H,14-15H2,1-2H3,(H,26,28)(H,27,29). The van der Waals surface area contributed by atoms with Gasteiger partial charge >= 0.3 is 11.8 Å². The molecule has 2 amide bonds. The van der Waals surface area contributed by atoms with Crippen molar-refractivity contribution in [3.8, 4) is 5.75 Å². The van der Waals surface area contributed by atoms with Gasteiger partial charge in [0.05, 0.1) is 18.3 Å². The number of pyridine rings is 1. The number of amides is 2. The van der Waals surface area contributed by atoms with E-state index in [1.807, 2.05) is 74.5 Å². The lowest BCUT2D eigenvalue weighted by Crippen LogP contribution is -2.43. The largest absolute Gasteiger partial charge is 0.492 e. The molecule has 2 N–H and O–H groups in total. The monoisotopic (exact) mass is 403 g/mol. The Labute approximate surface area is 176 Å². The van der Waals surface area contributed by atoms with Crippen molar-refractivity contribution in [1.82, 2.24) is 15.6 Å². The van der Waals surface area contributed by atoms with Crippen LogP contribution in [-0.2, 0) is 9.59 Å². The van der Waals surface area contributed by atoms with E-state index in [0.29, 0.717) is 5.69 Å². The van der Waals surface area contributed by atoms with Crippen molar-refractivity contribution in [2.24, 2.45) is 0 Å². The van der Waals surface area contributed by atoms with Crippen LogP contribution in [0.25, 0.3) is 0 Å². The molecule has 1 atom stereocenters. The molecule has 0 saturated heterocycles. The lowest BCUT2D eigenvalue weighted by Gasteiger charge is -2.19. The first-order valence-electron chi connectivity index (χ1n) is 9.78. The summed E-state index contributed by atoms with van der Waals surface area (Å²) in [6, 6.07) is 20.3. The molecule has 3 rings (SSSR count). The quantitative estimate of drug-likeness (QED) is 0.469. The summed E-state index contributed by atoms with van der Waals surface area (Å²) in [6.45, 7) is 4.46. The van der Waals surface area contributed by atoms with E-state index >= 15 is 0 Å².